The van der Waals surface area contributed by atoms with Gasteiger partial charge in [-0.15, -0.1) is 11.3 Å². The number of imidazole rings is 1. The highest BCUT2D eigenvalue weighted by atomic mass is 32.2. The first-order valence-corrected chi connectivity index (χ1v) is 13.9. The summed E-state index contributed by atoms with van der Waals surface area (Å²) in [5, 5.41) is 10.4. The van der Waals surface area contributed by atoms with Gasteiger partial charge in [0.05, 0.1) is 0 Å². The summed E-state index contributed by atoms with van der Waals surface area (Å²) in [6.45, 7) is 15.9. The summed E-state index contributed by atoms with van der Waals surface area (Å²) in [4.78, 5) is 5.40. The average molecular weight is 504 g/mol. The van der Waals surface area contributed by atoms with Crippen molar-refractivity contribution in [3.63, 3.8) is 0 Å². The Morgan fingerprint density at radius 1 is 1.12 bits per heavy atom. The molecule has 0 unspecified atom stereocenters. The van der Waals surface area contributed by atoms with Gasteiger partial charge in [0.1, 0.15) is 15.6 Å². The minimum atomic E-state index is -3.68. The van der Waals surface area contributed by atoms with Crippen molar-refractivity contribution in [2.45, 2.75) is 83.7 Å². The molecule has 0 aliphatic rings. The molecule has 0 saturated heterocycles. The Bertz CT molecular complexity index is 1240. The summed E-state index contributed by atoms with van der Waals surface area (Å²) in [5.74, 6) is 1.03. The maximum atomic E-state index is 13.4. The zero-order valence-corrected chi connectivity index (χ0v) is 23.1. The van der Waals surface area contributed by atoms with E-state index in [4.69, 9.17) is 0 Å². The van der Waals surface area contributed by atoms with Gasteiger partial charge in [-0.1, -0.05) is 38.1 Å². The molecule has 0 aliphatic heterocycles. The predicted octanol–water partition coefficient (Wildman–Crippen LogP) is 5.47. The van der Waals surface area contributed by atoms with Crippen LogP contribution in [0.1, 0.15) is 70.3 Å². The molecule has 0 amide bonds. The molecule has 0 saturated carbocycles. The second-order valence-electron chi connectivity index (χ2n) is 10.9. The van der Waals surface area contributed by atoms with E-state index in [0.717, 1.165) is 33.6 Å². The van der Waals surface area contributed by atoms with Crippen LogP contribution < -0.4 is 4.72 Å². The third-order valence-corrected chi connectivity index (χ3v) is 8.94. The number of hydrogen-bond donors (Lipinski definition) is 2. The highest BCUT2D eigenvalue weighted by Crippen LogP contribution is 2.41. The van der Waals surface area contributed by atoms with Crippen molar-refractivity contribution in [2.24, 2.45) is 5.92 Å². The lowest BCUT2D eigenvalue weighted by molar-refractivity contribution is 0.0652. The number of hydrogen-bond acceptors (Lipinski definition) is 5. The molecule has 0 atom stereocenters. The third kappa shape index (κ3) is 6.16. The molecule has 186 valence electrons. The minimum Gasteiger partial charge on any atom is -0.383 e. The van der Waals surface area contributed by atoms with Gasteiger partial charge in [0.15, 0.2) is 0 Å². The quantitative estimate of drug-likeness (QED) is 0.427. The summed E-state index contributed by atoms with van der Waals surface area (Å²) in [6.07, 6.45) is 4.38. The molecule has 2 aromatic heterocycles. The Balaban J connectivity index is 2.02. The second-order valence-corrected chi connectivity index (χ2v) is 13.9. The van der Waals surface area contributed by atoms with Crippen LogP contribution in [0, 0.1) is 12.8 Å². The number of aliphatic hydroxyl groups is 1. The van der Waals surface area contributed by atoms with Gasteiger partial charge in [0, 0.05) is 34.9 Å². The van der Waals surface area contributed by atoms with Crippen molar-refractivity contribution in [3.8, 4) is 11.1 Å². The molecule has 6 nitrogen and oxygen atoms in total. The Morgan fingerprint density at radius 3 is 2.26 bits per heavy atom. The molecule has 34 heavy (non-hydrogen) atoms. The molecule has 3 aromatic rings. The van der Waals surface area contributed by atoms with Crippen molar-refractivity contribution in [3.05, 3.63) is 58.5 Å². The van der Waals surface area contributed by atoms with Crippen LogP contribution in [0.15, 0.2) is 40.9 Å². The highest BCUT2D eigenvalue weighted by molar-refractivity contribution is 7.91. The fourth-order valence-corrected chi connectivity index (χ4v) is 7.58. The van der Waals surface area contributed by atoms with Gasteiger partial charge < -0.3 is 9.67 Å². The second kappa shape index (κ2) is 9.57. The lowest BCUT2D eigenvalue weighted by Gasteiger charge is -2.20. The van der Waals surface area contributed by atoms with Crippen molar-refractivity contribution in [2.75, 3.05) is 0 Å². The summed E-state index contributed by atoms with van der Waals surface area (Å²) >= 11 is 1.38. The van der Waals surface area contributed by atoms with Gasteiger partial charge in [0.25, 0.3) is 10.0 Å². The van der Waals surface area contributed by atoms with E-state index in [1.54, 1.807) is 20.0 Å². The number of thiophene rings is 1. The summed E-state index contributed by atoms with van der Waals surface area (Å²) in [5.41, 5.74) is 2.13. The lowest BCUT2D eigenvalue weighted by atomic mass is 9.99. The van der Waals surface area contributed by atoms with Crippen molar-refractivity contribution in [1.29, 1.82) is 0 Å². The van der Waals surface area contributed by atoms with Gasteiger partial charge in [-0.3, -0.25) is 0 Å². The van der Waals surface area contributed by atoms with Gasteiger partial charge >= 0.3 is 0 Å². The predicted molar refractivity (Wildman–Crippen MR) is 140 cm³/mol. The number of nitrogens with zero attached hydrogens (tertiary/aromatic N) is 2. The van der Waals surface area contributed by atoms with Crippen LogP contribution in [0.3, 0.4) is 0 Å². The number of benzene rings is 1. The zero-order valence-electron chi connectivity index (χ0n) is 21.4. The topological polar surface area (TPSA) is 84.2 Å². The van der Waals surface area contributed by atoms with Crippen molar-refractivity contribution >= 4 is 21.4 Å². The molecule has 0 aliphatic carbocycles. The number of rotatable bonds is 8. The molecular weight excluding hydrogens is 466 g/mol. The smallest absolute Gasteiger partial charge is 0.251 e. The maximum absolute atomic E-state index is 13.4. The fraction of sp³-hybridized carbons (Fsp3) is 0.500. The Hall–Kier alpha value is -2.00. The monoisotopic (exact) mass is 503 g/mol. The maximum Gasteiger partial charge on any atom is 0.251 e. The van der Waals surface area contributed by atoms with Gasteiger partial charge in [-0.2, -0.15) is 0 Å². The molecule has 0 spiro atoms. The first-order valence-electron chi connectivity index (χ1n) is 11.6. The largest absolute Gasteiger partial charge is 0.383 e. The van der Waals surface area contributed by atoms with E-state index in [9.17, 15) is 13.5 Å². The normalized spacial score (nSPS) is 13.1. The first kappa shape index (κ1) is 26.6. The van der Waals surface area contributed by atoms with Crippen LogP contribution in [-0.2, 0) is 28.6 Å². The van der Waals surface area contributed by atoms with E-state index < -0.39 is 21.2 Å². The standard InChI is InChI=1S/C26H37N3O3S2/c1-17(2)15-21-18(3)22(23(33-21)34(31,32)28-25(4,5)6)20-11-9-19(10-12-20)16-29-14-13-27-24(29)26(7,8)30/h9-14,17,28,30H,15-16H2,1-8H3. The Labute approximate surface area is 208 Å². The van der Waals surface area contributed by atoms with Crippen LogP contribution in [0.25, 0.3) is 11.1 Å². The molecule has 3 rings (SSSR count). The minimum absolute atomic E-state index is 0.377. The van der Waals surface area contributed by atoms with E-state index in [0.29, 0.717) is 22.5 Å². The molecule has 0 fully saturated rings. The molecule has 0 bridgehead atoms. The van der Waals surface area contributed by atoms with Crippen LogP contribution in [0.4, 0.5) is 0 Å². The van der Waals surface area contributed by atoms with Gasteiger partial charge in [-0.05, 0) is 70.6 Å². The molecule has 8 heteroatoms. The third-order valence-electron chi connectivity index (χ3n) is 5.35. The lowest BCUT2D eigenvalue weighted by Crippen LogP contribution is -2.40. The molecule has 0 radical (unpaired) electrons. The number of nitrogens with one attached hydrogen (secondary N) is 1. The van der Waals surface area contributed by atoms with Gasteiger partial charge in [-0.25, -0.2) is 18.1 Å². The van der Waals surface area contributed by atoms with Crippen LogP contribution in [0.5, 0.6) is 0 Å². The van der Waals surface area contributed by atoms with E-state index >= 15 is 0 Å². The van der Waals surface area contributed by atoms with Crippen LogP contribution in [0.2, 0.25) is 0 Å². The van der Waals surface area contributed by atoms with Crippen molar-refractivity contribution in [1.82, 2.24) is 14.3 Å². The molecule has 1 aromatic carbocycles. The van der Waals surface area contributed by atoms with E-state index in [1.165, 1.54) is 11.3 Å². The first-order chi connectivity index (χ1) is 15.6. The molecular formula is C26H37N3O3S2. The number of aromatic nitrogens is 2. The van der Waals surface area contributed by atoms with E-state index in [-0.39, 0.29) is 0 Å². The SMILES string of the molecule is Cc1c(CC(C)C)sc(S(=O)(=O)NC(C)(C)C)c1-c1ccc(Cn2ccnc2C(C)(C)O)cc1. The van der Waals surface area contributed by atoms with Crippen LogP contribution >= 0.6 is 11.3 Å². The average Bonchev–Trinajstić information content (AvgIpc) is 3.26. The van der Waals surface area contributed by atoms with Crippen LogP contribution in [-0.4, -0.2) is 28.6 Å². The summed E-state index contributed by atoms with van der Waals surface area (Å²) < 4.78 is 31.9. The van der Waals surface area contributed by atoms with Gasteiger partial charge in [0.2, 0.25) is 0 Å². The Morgan fingerprint density at radius 2 is 1.74 bits per heavy atom. The number of sulfonamides is 1. The molecule has 2 N–H and O–H groups in total. The zero-order chi connectivity index (χ0) is 25.5. The summed E-state index contributed by atoms with van der Waals surface area (Å²) in [6, 6.07) is 7.99. The highest BCUT2D eigenvalue weighted by Gasteiger charge is 2.30. The molecule has 2 heterocycles. The van der Waals surface area contributed by atoms with Crippen molar-refractivity contribution < 1.29 is 13.5 Å². The van der Waals surface area contributed by atoms with E-state index in [1.807, 2.05) is 62.7 Å². The fourth-order valence-electron chi connectivity index (χ4n) is 4.01. The summed E-state index contributed by atoms with van der Waals surface area (Å²) in [7, 11) is -3.68. The van der Waals surface area contributed by atoms with E-state index in [2.05, 4.69) is 23.6 Å². The Kier molecular flexibility index (Phi) is 7.49.